The molecule has 2 atom stereocenters. The van der Waals surface area contributed by atoms with Crippen molar-refractivity contribution in [3.05, 3.63) is 0 Å². The lowest BCUT2D eigenvalue weighted by molar-refractivity contribution is 0.231. The lowest BCUT2D eigenvalue weighted by Crippen LogP contribution is -2.43. The first kappa shape index (κ1) is 7.08. The maximum Gasteiger partial charge on any atom is 0.0635 e. The van der Waals surface area contributed by atoms with Crippen LogP contribution >= 0.6 is 0 Å². The predicted molar refractivity (Wildman–Crippen MR) is 42.0 cm³/mol. The van der Waals surface area contributed by atoms with Gasteiger partial charge in [0.1, 0.15) is 0 Å². The van der Waals surface area contributed by atoms with Gasteiger partial charge in [0.2, 0.25) is 0 Å². The van der Waals surface area contributed by atoms with Crippen molar-refractivity contribution in [1.29, 1.82) is 5.26 Å². The summed E-state index contributed by atoms with van der Waals surface area (Å²) in [6.07, 6.45) is 1.98. The van der Waals surface area contributed by atoms with Gasteiger partial charge >= 0.3 is 0 Å². The summed E-state index contributed by atoms with van der Waals surface area (Å²) in [4.78, 5) is 2.43. The summed E-state index contributed by atoms with van der Waals surface area (Å²) in [7, 11) is 0. The van der Waals surface area contributed by atoms with Gasteiger partial charge in [-0.1, -0.05) is 0 Å². The molecule has 2 saturated heterocycles. The number of fused-ring (bicyclic) bond motifs is 2. The monoisotopic (exact) mass is 151 g/mol. The van der Waals surface area contributed by atoms with Gasteiger partial charge in [-0.25, -0.2) is 0 Å². The number of hydrogen-bond donors (Lipinski definition) is 1. The van der Waals surface area contributed by atoms with Crippen molar-refractivity contribution in [3.63, 3.8) is 0 Å². The molecule has 0 amide bonds. The van der Waals surface area contributed by atoms with Crippen molar-refractivity contribution in [2.45, 2.75) is 24.9 Å². The Labute approximate surface area is 67.0 Å². The smallest absolute Gasteiger partial charge is 0.0635 e. The van der Waals surface area contributed by atoms with Gasteiger partial charge < -0.3 is 5.32 Å². The van der Waals surface area contributed by atoms with Crippen molar-refractivity contribution in [2.24, 2.45) is 0 Å². The molecule has 2 fully saturated rings. The van der Waals surface area contributed by atoms with Crippen LogP contribution in [0.4, 0.5) is 0 Å². The third-order valence-corrected chi connectivity index (χ3v) is 2.68. The van der Waals surface area contributed by atoms with Gasteiger partial charge in [-0.3, -0.25) is 4.90 Å². The van der Waals surface area contributed by atoms with Gasteiger partial charge in [-0.15, -0.1) is 0 Å². The van der Waals surface area contributed by atoms with Crippen molar-refractivity contribution in [3.8, 4) is 6.07 Å². The zero-order valence-corrected chi connectivity index (χ0v) is 6.58. The molecule has 0 aliphatic carbocycles. The number of rotatable bonds is 2. The number of piperazine rings is 1. The van der Waals surface area contributed by atoms with Gasteiger partial charge in [0, 0.05) is 38.1 Å². The average Bonchev–Trinajstić information content (AvgIpc) is 2.60. The minimum atomic E-state index is 0.684. The Kier molecular flexibility index (Phi) is 1.80. The van der Waals surface area contributed by atoms with Crippen LogP contribution in [0.15, 0.2) is 0 Å². The van der Waals surface area contributed by atoms with Gasteiger partial charge in [0.05, 0.1) is 6.07 Å². The molecule has 3 heteroatoms. The van der Waals surface area contributed by atoms with E-state index in [2.05, 4.69) is 16.3 Å². The van der Waals surface area contributed by atoms with Crippen LogP contribution in [0.2, 0.25) is 0 Å². The average molecular weight is 151 g/mol. The van der Waals surface area contributed by atoms with Crippen LogP contribution in [0.5, 0.6) is 0 Å². The second kappa shape index (κ2) is 2.80. The summed E-state index contributed by atoms with van der Waals surface area (Å²) in [5, 5.41) is 11.8. The molecule has 3 nitrogen and oxygen atoms in total. The van der Waals surface area contributed by atoms with Gasteiger partial charge in [0.25, 0.3) is 0 Å². The molecule has 0 aromatic rings. The molecule has 0 spiro atoms. The molecule has 2 aliphatic heterocycles. The highest BCUT2D eigenvalue weighted by atomic mass is 15.3. The number of nitrogens with zero attached hydrogens (tertiary/aromatic N) is 2. The van der Waals surface area contributed by atoms with Crippen molar-refractivity contribution >= 4 is 0 Å². The van der Waals surface area contributed by atoms with E-state index in [1.54, 1.807) is 0 Å². The second-order valence-electron chi connectivity index (χ2n) is 3.40. The summed E-state index contributed by atoms with van der Waals surface area (Å²) in [6.45, 7) is 3.27. The van der Waals surface area contributed by atoms with Crippen molar-refractivity contribution in [1.82, 2.24) is 10.2 Å². The summed E-state index contributed by atoms with van der Waals surface area (Å²) >= 11 is 0. The van der Waals surface area contributed by atoms with E-state index in [9.17, 15) is 0 Å². The van der Waals surface area contributed by atoms with E-state index >= 15 is 0 Å². The van der Waals surface area contributed by atoms with Crippen molar-refractivity contribution in [2.75, 3.05) is 19.6 Å². The zero-order valence-electron chi connectivity index (χ0n) is 6.58. The Morgan fingerprint density at radius 2 is 2.55 bits per heavy atom. The number of hydrogen-bond acceptors (Lipinski definition) is 3. The first-order chi connectivity index (χ1) is 5.40. The van der Waals surface area contributed by atoms with E-state index < -0.39 is 0 Å². The Bertz CT molecular complexity index is 184. The summed E-state index contributed by atoms with van der Waals surface area (Å²) in [6, 6.07) is 3.64. The lowest BCUT2D eigenvalue weighted by Gasteiger charge is -2.25. The first-order valence-corrected chi connectivity index (χ1v) is 4.24. The number of nitrogens with one attached hydrogen (secondary N) is 1. The zero-order chi connectivity index (χ0) is 7.68. The third kappa shape index (κ3) is 1.24. The predicted octanol–water partition coefficient (Wildman–Crippen LogP) is -0.0538. The fourth-order valence-corrected chi connectivity index (χ4v) is 2.11. The highest BCUT2D eigenvalue weighted by molar-refractivity contribution is 4.97. The molecule has 1 N–H and O–H groups in total. The quantitative estimate of drug-likeness (QED) is 0.601. The van der Waals surface area contributed by atoms with E-state index in [1.165, 1.54) is 6.42 Å². The minimum Gasteiger partial charge on any atom is -0.311 e. The molecule has 2 heterocycles. The molecule has 2 aliphatic rings. The highest BCUT2D eigenvalue weighted by Crippen LogP contribution is 2.22. The van der Waals surface area contributed by atoms with Crippen LogP contribution in [-0.2, 0) is 0 Å². The summed E-state index contributed by atoms with van der Waals surface area (Å²) in [5.41, 5.74) is 0. The summed E-state index contributed by atoms with van der Waals surface area (Å²) < 4.78 is 0. The van der Waals surface area contributed by atoms with Crippen LogP contribution in [0.25, 0.3) is 0 Å². The summed E-state index contributed by atoms with van der Waals surface area (Å²) in [5.74, 6) is 0. The SMILES string of the molecule is N#CCCN1CC2CC1CN2. The largest absolute Gasteiger partial charge is 0.311 e. The fraction of sp³-hybridized carbons (Fsp3) is 0.875. The Hall–Kier alpha value is -0.590. The molecule has 0 radical (unpaired) electrons. The molecule has 11 heavy (non-hydrogen) atoms. The molecule has 2 rings (SSSR count). The van der Waals surface area contributed by atoms with E-state index in [-0.39, 0.29) is 0 Å². The molecule has 0 saturated carbocycles. The normalized spacial score (nSPS) is 35.9. The Balaban J connectivity index is 1.84. The van der Waals surface area contributed by atoms with E-state index in [4.69, 9.17) is 5.26 Å². The van der Waals surface area contributed by atoms with Crippen molar-refractivity contribution < 1.29 is 0 Å². The maximum atomic E-state index is 8.40. The van der Waals surface area contributed by atoms with E-state index in [1.807, 2.05) is 0 Å². The molecular weight excluding hydrogens is 138 g/mol. The first-order valence-electron chi connectivity index (χ1n) is 4.24. The van der Waals surface area contributed by atoms with E-state index in [0.717, 1.165) is 31.7 Å². The molecule has 60 valence electrons. The molecule has 2 bridgehead atoms. The molecule has 0 aromatic carbocycles. The second-order valence-corrected chi connectivity index (χ2v) is 3.40. The number of likely N-dealkylation sites (tertiary alicyclic amines) is 1. The van der Waals surface area contributed by atoms with Gasteiger partial charge in [-0.2, -0.15) is 5.26 Å². The maximum absolute atomic E-state index is 8.40. The lowest BCUT2D eigenvalue weighted by atomic mass is 10.2. The van der Waals surface area contributed by atoms with Crippen LogP contribution in [0.3, 0.4) is 0 Å². The van der Waals surface area contributed by atoms with Gasteiger partial charge in [-0.05, 0) is 6.42 Å². The Morgan fingerprint density at radius 3 is 3.09 bits per heavy atom. The minimum absolute atomic E-state index is 0.684. The van der Waals surface area contributed by atoms with Gasteiger partial charge in [0.15, 0.2) is 0 Å². The fourth-order valence-electron chi connectivity index (χ4n) is 2.11. The Morgan fingerprint density at radius 1 is 1.64 bits per heavy atom. The van der Waals surface area contributed by atoms with Crippen LogP contribution in [-0.4, -0.2) is 36.6 Å². The van der Waals surface area contributed by atoms with Crippen LogP contribution in [0.1, 0.15) is 12.8 Å². The molecule has 0 aromatic heterocycles. The molecular formula is C8H13N3. The third-order valence-electron chi connectivity index (χ3n) is 2.68. The van der Waals surface area contributed by atoms with Crippen LogP contribution in [0, 0.1) is 11.3 Å². The standard InChI is InChI=1S/C8H13N3/c9-2-1-3-11-6-7-4-8(11)5-10-7/h7-8,10H,1,3-6H2. The highest BCUT2D eigenvalue weighted by Gasteiger charge is 2.36. The number of nitriles is 1. The molecule has 2 unspecified atom stereocenters. The van der Waals surface area contributed by atoms with Crippen LogP contribution < -0.4 is 5.32 Å². The topological polar surface area (TPSA) is 39.1 Å². The van der Waals surface area contributed by atoms with E-state index in [0.29, 0.717) is 6.42 Å².